The van der Waals surface area contributed by atoms with Gasteiger partial charge in [-0.05, 0) is 78.2 Å². The number of aryl methyl sites for hydroxylation is 1. The van der Waals surface area contributed by atoms with Gasteiger partial charge >= 0.3 is 0 Å². The Labute approximate surface area is 199 Å². The zero-order chi connectivity index (χ0) is 23.7. The van der Waals surface area contributed by atoms with E-state index in [4.69, 9.17) is 4.74 Å². The van der Waals surface area contributed by atoms with E-state index >= 15 is 0 Å². The molecule has 5 heteroatoms. The molecule has 0 radical (unpaired) electrons. The maximum Gasteiger partial charge on any atom is 0.229 e. The molecule has 0 aromatic heterocycles. The van der Waals surface area contributed by atoms with Crippen molar-refractivity contribution in [2.75, 3.05) is 16.8 Å². The van der Waals surface area contributed by atoms with E-state index in [0.29, 0.717) is 18.0 Å². The van der Waals surface area contributed by atoms with E-state index in [1.54, 1.807) is 4.90 Å². The van der Waals surface area contributed by atoms with Gasteiger partial charge in [0.05, 0.1) is 5.92 Å². The Morgan fingerprint density at radius 2 is 1.62 bits per heavy atom. The molecule has 5 nitrogen and oxygen atoms in total. The van der Waals surface area contributed by atoms with Gasteiger partial charge < -0.3 is 15.0 Å². The molecule has 0 spiro atoms. The van der Waals surface area contributed by atoms with Gasteiger partial charge in [0.25, 0.3) is 0 Å². The van der Waals surface area contributed by atoms with E-state index in [1.807, 2.05) is 86.6 Å². The smallest absolute Gasteiger partial charge is 0.229 e. The average Bonchev–Trinajstić information content (AvgIpc) is 3.23. The highest BCUT2D eigenvalue weighted by Crippen LogP contribution is 2.31. The van der Waals surface area contributed by atoms with Crippen molar-refractivity contribution in [1.29, 1.82) is 0 Å². The molecule has 1 aliphatic rings. The summed E-state index contributed by atoms with van der Waals surface area (Å²) in [5, 5.41) is 5.22. The highest BCUT2D eigenvalue weighted by Gasteiger charge is 2.35. The summed E-state index contributed by atoms with van der Waals surface area (Å²) in [6, 6.07) is 27.3. The minimum atomic E-state index is -0.388. The van der Waals surface area contributed by atoms with Crippen LogP contribution in [-0.2, 0) is 9.59 Å². The van der Waals surface area contributed by atoms with Crippen LogP contribution in [0.2, 0.25) is 0 Å². The van der Waals surface area contributed by atoms with E-state index in [2.05, 4.69) is 17.4 Å². The number of nitrogens with one attached hydrogen (secondary N) is 1. The number of hydrogen-bond acceptors (Lipinski definition) is 3. The van der Waals surface area contributed by atoms with Gasteiger partial charge in [-0.25, -0.2) is 0 Å². The van der Waals surface area contributed by atoms with Crippen molar-refractivity contribution in [3.63, 3.8) is 0 Å². The van der Waals surface area contributed by atoms with Crippen LogP contribution >= 0.6 is 0 Å². The molecule has 34 heavy (non-hydrogen) atoms. The number of ether oxygens (including phenoxy) is 1. The molecule has 5 rings (SSSR count). The Hall–Kier alpha value is -4.12. The number of benzene rings is 4. The largest absolute Gasteiger partial charge is 0.457 e. The Kier molecular flexibility index (Phi) is 5.76. The Balaban J connectivity index is 1.23. The van der Waals surface area contributed by atoms with E-state index in [0.717, 1.165) is 33.3 Å². The van der Waals surface area contributed by atoms with Crippen molar-refractivity contribution < 1.29 is 14.3 Å². The van der Waals surface area contributed by atoms with Crippen LogP contribution in [0.1, 0.15) is 17.5 Å². The lowest BCUT2D eigenvalue weighted by Gasteiger charge is -2.20. The summed E-state index contributed by atoms with van der Waals surface area (Å²) >= 11 is 0. The van der Waals surface area contributed by atoms with E-state index in [9.17, 15) is 9.59 Å². The lowest BCUT2D eigenvalue weighted by molar-refractivity contribution is -0.122. The fraction of sp³-hybridized carbons (Fsp3) is 0.172. The number of amides is 2. The summed E-state index contributed by atoms with van der Waals surface area (Å²) in [5.74, 6) is 0.884. The maximum atomic E-state index is 12.9. The standard InChI is InChI=1S/C29H26N2O3/c1-19-6-5-9-27(20(19)2)31-18-23(17-28(31)32)29(33)30-24-11-14-25(15-12-24)34-26-13-10-21-7-3-4-8-22(21)16-26/h3-16,23H,17-18H2,1-2H3,(H,30,33)/t23-/m1/s1. The third kappa shape index (κ3) is 4.37. The van der Waals surface area contributed by atoms with Crippen LogP contribution in [0, 0.1) is 19.8 Å². The molecule has 0 aliphatic carbocycles. The molecule has 2 amide bonds. The minimum absolute atomic E-state index is 0.0204. The molecule has 4 aromatic carbocycles. The van der Waals surface area contributed by atoms with Gasteiger partial charge in [0.1, 0.15) is 11.5 Å². The monoisotopic (exact) mass is 450 g/mol. The van der Waals surface area contributed by atoms with Crippen LogP contribution in [0.25, 0.3) is 10.8 Å². The first-order valence-electron chi connectivity index (χ1n) is 11.4. The van der Waals surface area contributed by atoms with Crippen molar-refractivity contribution in [3.8, 4) is 11.5 Å². The van der Waals surface area contributed by atoms with Crippen LogP contribution in [-0.4, -0.2) is 18.4 Å². The third-order valence-electron chi connectivity index (χ3n) is 6.44. The molecular weight excluding hydrogens is 424 g/mol. The van der Waals surface area contributed by atoms with Crippen molar-refractivity contribution in [3.05, 3.63) is 96.1 Å². The van der Waals surface area contributed by atoms with E-state index in [-0.39, 0.29) is 24.2 Å². The van der Waals surface area contributed by atoms with E-state index < -0.39 is 0 Å². The lowest BCUT2D eigenvalue weighted by atomic mass is 10.1. The Bertz CT molecular complexity index is 1380. The topological polar surface area (TPSA) is 58.6 Å². The van der Waals surface area contributed by atoms with Crippen molar-refractivity contribution in [2.24, 2.45) is 5.92 Å². The average molecular weight is 451 g/mol. The van der Waals surface area contributed by atoms with Crippen LogP contribution in [0.3, 0.4) is 0 Å². The van der Waals surface area contributed by atoms with Crippen LogP contribution in [0.4, 0.5) is 11.4 Å². The molecule has 0 saturated carbocycles. The zero-order valence-electron chi connectivity index (χ0n) is 19.2. The SMILES string of the molecule is Cc1cccc(N2C[C@H](C(=O)Nc3ccc(Oc4ccc5ccccc5c4)cc3)CC2=O)c1C. The van der Waals surface area contributed by atoms with Gasteiger partial charge in [-0.3, -0.25) is 9.59 Å². The van der Waals surface area contributed by atoms with Gasteiger partial charge in [-0.15, -0.1) is 0 Å². The van der Waals surface area contributed by atoms with Gasteiger partial charge in [-0.1, -0.05) is 42.5 Å². The predicted molar refractivity (Wildman–Crippen MR) is 135 cm³/mol. The summed E-state index contributed by atoms with van der Waals surface area (Å²) in [5.41, 5.74) is 3.76. The molecule has 1 aliphatic heterocycles. The second kappa shape index (κ2) is 9.02. The Morgan fingerprint density at radius 3 is 2.41 bits per heavy atom. The highest BCUT2D eigenvalue weighted by atomic mass is 16.5. The first-order chi connectivity index (χ1) is 16.5. The number of carbonyl (C=O) groups excluding carboxylic acids is 2. The molecule has 1 fully saturated rings. The minimum Gasteiger partial charge on any atom is -0.457 e. The molecule has 1 heterocycles. The van der Waals surface area contributed by atoms with Gasteiger partial charge in [0.15, 0.2) is 0 Å². The number of nitrogens with zero attached hydrogens (tertiary/aromatic N) is 1. The summed E-state index contributed by atoms with van der Waals surface area (Å²) in [6.45, 7) is 4.42. The third-order valence-corrected chi connectivity index (χ3v) is 6.44. The second-order valence-corrected chi connectivity index (χ2v) is 8.75. The highest BCUT2D eigenvalue weighted by molar-refractivity contribution is 6.04. The second-order valence-electron chi connectivity index (χ2n) is 8.75. The summed E-state index contributed by atoms with van der Waals surface area (Å²) in [7, 11) is 0. The van der Waals surface area contributed by atoms with Crippen molar-refractivity contribution in [2.45, 2.75) is 20.3 Å². The zero-order valence-corrected chi connectivity index (χ0v) is 19.2. The van der Waals surface area contributed by atoms with Crippen LogP contribution < -0.4 is 15.0 Å². The van der Waals surface area contributed by atoms with Crippen molar-refractivity contribution >= 4 is 34.0 Å². The number of hydrogen-bond donors (Lipinski definition) is 1. The normalized spacial score (nSPS) is 15.5. The lowest BCUT2D eigenvalue weighted by Crippen LogP contribution is -2.28. The molecule has 0 unspecified atom stereocenters. The molecule has 1 atom stereocenters. The van der Waals surface area contributed by atoms with Crippen LogP contribution in [0.15, 0.2) is 84.9 Å². The molecule has 1 N–H and O–H groups in total. The van der Waals surface area contributed by atoms with Gasteiger partial charge in [-0.2, -0.15) is 0 Å². The molecule has 0 bridgehead atoms. The maximum absolute atomic E-state index is 12.9. The predicted octanol–water partition coefficient (Wildman–Crippen LogP) is 6.24. The Morgan fingerprint density at radius 1 is 0.882 bits per heavy atom. The summed E-state index contributed by atoms with van der Waals surface area (Å²) in [6.07, 6.45) is 0.211. The molecule has 170 valence electrons. The van der Waals surface area contributed by atoms with Gasteiger partial charge in [0, 0.05) is 24.3 Å². The number of rotatable bonds is 5. The molecule has 4 aromatic rings. The first-order valence-corrected chi connectivity index (χ1v) is 11.4. The number of anilines is 2. The molecular formula is C29H26N2O3. The number of fused-ring (bicyclic) bond motifs is 1. The number of carbonyl (C=O) groups is 2. The van der Waals surface area contributed by atoms with E-state index in [1.165, 1.54) is 0 Å². The summed E-state index contributed by atoms with van der Waals surface area (Å²) in [4.78, 5) is 27.2. The fourth-order valence-corrected chi connectivity index (χ4v) is 4.36. The first kappa shape index (κ1) is 21.7. The quantitative estimate of drug-likeness (QED) is 0.391. The van der Waals surface area contributed by atoms with Gasteiger partial charge in [0.2, 0.25) is 11.8 Å². The molecule has 1 saturated heterocycles. The van der Waals surface area contributed by atoms with Crippen molar-refractivity contribution in [1.82, 2.24) is 0 Å². The summed E-state index contributed by atoms with van der Waals surface area (Å²) < 4.78 is 5.98. The fourth-order valence-electron chi connectivity index (χ4n) is 4.36. The van der Waals surface area contributed by atoms with Crippen LogP contribution in [0.5, 0.6) is 11.5 Å².